The SMILES string of the molecule is CSC(C)c1cnc(C)o1. The van der Waals surface area contributed by atoms with E-state index < -0.39 is 0 Å². The molecule has 0 radical (unpaired) electrons. The average Bonchev–Trinajstić information content (AvgIpc) is 2.34. The molecule has 0 aliphatic rings. The fourth-order valence-corrected chi connectivity index (χ4v) is 1.02. The van der Waals surface area contributed by atoms with E-state index in [1.807, 2.05) is 6.92 Å². The van der Waals surface area contributed by atoms with Crippen LogP contribution in [-0.4, -0.2) is 11.2 Å². The summed E-state index contributed by atoms with van der Waals surface area (Å²) in [5, 5.41) is 0.418. The third-order valence-electron chi connectivity index (χ3n) is 1.39. The Kier molecular flexibility index (Phi) is 2.38. The number of hydrogen-bond donors (Lipinski definition) is 0. The predicted molar refractivity (Wildman–Crippen MR) is 43.2 cm³/mol. The van der Waals surface area contributed by atoms with Crippen LogP contribution < -0.4 is 0 Å². The van der Waals surface area contributed by atoms with E-state index in [0.717, 1.165) is 11.7 Å². The molecule has 0 aromatic carbocycles. The number of aryl methyl sites for hydroxylation is 1. The summed E-state index contributed by atoms with van der Waals surface area (Å²) >= 11 is 1.76. The lowest BCUT2D eigenvalue weighted by molar-refractivity contribution is 0.477. The smallest absolute Gasteiger partial charge is 0.191 e. The topological polar surface area (TPSA) is 26.0 Å². The highest BCUT2D eigenvalue weighted by atomic mass is 32.2. The highest BCUT2D eigenvalue weighted by molar-refractivity contribution is 7.98. The second-order valence-electron chi connectivity index (χ2n) is 2.16. The van der Waals surface area contributed by atoms with Gasteiger partial charge in [-0.05, 0) is 13.2 Å². The second-order valence-corrected chi connectivity index (χ2v) is 3.34. The van der Waals surface area contributed by atoms with E-state index in [1.54, 1.807) is 18.0 Å². The highest BCUT2D eigenvalue weighted by Gasteiger charge is 2.07. The summed E-state index contributed by atoms with van der Waals surface area (Å²) in [7, 11) is 0. The lowest BCUT2D eigenvalue weighted by Crippen LogP contribution is -1.81. The minimum atomic E-state index is 0.418. The van der Waals surface area contributed by atoms with Crippen molar-refractivity contribution in [3.63, 3.8) is 0 Å². The van der Waals surface area contributed by atoms with Crippen LogP contribution >= 0.6 is 11.8 Å². The fraction of sp³-hybridized carbons (Fsp3) is 0.571. The van der Waals surface area contributed by atoms with Crippen LogP contribution in [0.15, 0.2) is 10.6 Å². The van der Waals surface area contributed by atoms with Gasteiger partial charge in [-0.1, -0.05) is 0 Å². The normalized spacial score (nSPS) is 13.5. The molecule has 2 nitrogen and oxygen atoms in total. The van der Waals surface area contributed by atoms with Crippen LogP contribution in [0.2, 0.25) is 0 Å². The molecule has 56 valence electrons. The lowest BCUT2D eigenvalue weighted by atomic mass is 10.4. The van der Waals surface area contributed by atoms with Crippen molar-refractivity contribution >= 4 is 11.8 Å². The number of rotatable bonds is 2. The summed E-state index contributed by atoms with van der Waals surface area (Å²) in [6.07, 6.45) is 3.85. The van der Waals surface area contributed by atoms with Gasteiger partial charge in [-0.15, -0.1) is 0 Å². The molecule has 1 atom stereocenters. The number of thioether (sulfide) groups is 1. The summed E-state index contributed by atoms with van der Waals surface area (Å²) in [6, 6.07) is 0. The third kappa shape index (κ3) is 1.53. The molecule has 0 saturated carbocycles. The molecular formula is C7H11NOS. The van der Waals surface area contributed by atoms with Gasteiger partial charge in [0.15, 0.2) is 5.89 Å². The molecule has 1 unspecified atom stereocenters. The molecule has 1 aromatic heterocycles. The minimum absolute atomic E-state index is 0.418. The fourth-order valence-electron chi connectivity index (χ4n) is 0.682. The number of hydrogen-bond acceptors (Lipinski definition) is 3. The maximum Gasteiger partial charge on any atom is 0.191 e. The van der Waals surface area contributed by atoms with E-state index in [2.05, 4.69) is 18.2 Å². The minimum Gasteiger partial charge on any atom is -0.445 e. The Bertz CT molecular complexity index is 209. The molecule has 1 rings (SSSR count). The first-order valence-electron chi connectivity index (χ1n) is 3.19. The van der Waals surface area contributed by atoms with E-state index in [0.29, 0.717) is 5.25 Å². The quantitative estimate of drug-likeness (QED) is 0.659. The Labute approximate surface area is 65.0 Å². The Morgan fingerprint density at radius 1 is 1.70 bits per heavy atom. The molecule has 0 saturated heterocycles. The Balaban J connectivity index is 2.74. The number of oxazole rings is 1. The van der Waals surface area contributed by atoms with Crippen molar-refractivity contribution in [1.82, 2.24) is 4.98 Å². The van der Waals surface area contributed by atoms with E-state index >= 15 is 0 Å². The van der Waals surface area contributed by atoms with Gasteiger partial charge >= 0.3 is 0 Å². The average molecular weight is 157 g/mol. The molecular weight excluding hydrogens is 146 g/mol. The maximum absolute atomic E-state index is 5.30. The monoisotopic (exact) mass is 157 g/mol. The van der Waals surface area contributed by atoms with E-state index in [1.165, 1.54) is 0 Å². The zero-order chi connectivity index (χ0) is 7.56. The first-order valence-corrected chi connectivity index (χ1v) is 4.48. The van der Waals surface area contributed by atoms with Crippen molar-refractivity contribution in [1.29, 1.82) is 0 Å². The van der Waals surface area contributed by atoms with Crippen molar-refractivity contribution in [2.45, 2.75) is 19.1 Å². The maximum atomic E-state index is 5.30. The van der Waals surface area contributed by atoms with Crippen molar-refractivity contribution in [2.75, 3.05) is 6.26 Å². The Hall–Kier alpha value is -0.440. The summed E-state index contributed by atoms with van der Waals surface area (Å²) < 4.78 is 5.30. The first-order chi connectivity index (χ1) is 4.74. The molecule has 0 N–H and O–H groups in total. The van der Waals surface area contributed by atoms with E-state index in [-0.39, 0.29) is 0 Å². The number of nitrogens with zero attached hydrogens (tertiary/aromatic N) is 1. The Morgan fingerprint density at radius 2 is 2.40 bits per heavy atom. The third-order valence-corrected chi connectivity index (χ3v) is 2.33. The largest absolute Gasteiger partial charge is 0.445 e. The molecule has 0 aliphatic heterocycles. The van der Waals surface area contributed by atoms with Gasteiger partial charge in [-0.25, -0.2) is 4.98 Å². The van der Waals surface area contributed by atoms with Crippen LogP contribution in [0.5, 0.6) is 0 Å². The highest BCUT2D eigenvalue weighted by Crippen LogP contribution is 2.25. The van der Waals surface area contributed by atoms with Crippen molar-refractivity contribution in [3.05, 3.63) is 17.8 Å². The summed E-state index contributed by atoms with van der Waals surface area (Å²) in [5.41, 5.74) is 0. The summed E-state index contributed by atoms with van der Waals surface area (Å²) in [6.45, 7) is 3.96. The van der Waals surface area contributed by atoms with Gasteiger partial charge < -0.3 is 4.42 Å². The zero-order valence-electron chi connectivity index (χ0n) is 6.42. The van der Waals surface area contributed by atoms with E-state index in [4.69, 9.17) is 4.42 Å². The number of aromatic nitrogens is 1. The predicted octanol–water partition coefficient (Wildman–Crippen LogP) is 2.41. The van der Waals surface area contributed by atoms with Gasteiger partial charge in [0.05, 0.1) is 11.4 Å². The molecule has 0 fully saturated rings. The molecule has 10 heavy (non-hydrogen) atoms. The van der Waals surface area contributed by atoms with Crippen LogP contribution in [-0.2, 0) is 0 Å². The van der Waals surface area contributed by atoms with Crippen molar-refractivity contribution in [3.8, 4) is 0 Å². The van der Waals surface area contributed by atoms with Gasteiger partial charge in [0.1, 0.15) is 5.76 Å². The summed E-state index contributed by atoms with van der Waals surface area (Å²) in [4.78, 5) is 4.01. The van der Waals surface area contributed by atoms with E-state index in [9.17, 15) is 0 Å². The molecule has 0 spiro atoms. The standard InChI is InChI=1S/C7H11NOS/c1-5(10-3)7-4-8-6(2)9-7/h4-5H,1-3H3. The first kappa shape index (κ1) is 7.66. The van der Waals surface area contributed by atoms with Crippen molar-refractivity contribution < 1.29 is 4.42 Å². The molecule has 1 aromatic rings. The van der Waals surface area contributed by atoms with Crippen LogP contribution in [0.3, 0.4) is 0 Å². The van der Waals surface area contributed by atoms with Gasteiger partial charge in [0, 0.05) is 6.92 Å². The molecule has 0 amide bonds. The van der Waals surface area contributed by atoms with Crippen LogP contribution in [0.1, 0.15) is 23.8 Å². The van der Waals surface area contributed by atoms with Crippen LogP contribution in [0, 0.1) is 6.92 Å². The second kappa shape index (κ2) is 3.10. The Morgan fingerprint density at radius 3 is 2.80 bits per heavy atom. The lowest BCUT2D eigenvalue weighted by Gasteiger charge is -2.00. The molecule has 0 aliphatic carbocycles. The van der Waals surface area contributed by atoms with Gasteiger partial charge in [0.25, 0.3) is 0 Å². The molecule has 1 heterocycles. The molecule has 0 bridgehead atoms. The summed E-state index contributed by atoms with van der Waals surface area (Å²) in [5.74, 6) is 1.71. The van der Waals surface area contributed by atoms with Crippen molar-refractivity contribution in [2.24, 2.45) is 0 Å². The van der Waals surface area contributed by atoms with Crippen LogP contribution in [0.25, 0.3) is 0 Å². The van der Waals surface area contributed by atoms with Gasteiger partial charge in [-0.2, -0.15) is 11.8 Å². The van der Waals surface area contributed by atoms with Gasteiger partial charge in [-0.3, -0.25) is 0 Å². The van der Waals surface area contributed by atoms with Crippen LogP contribution in [0.4, 0.5) is 0 Å². The zero-order valence-corrected chi connectivity index (χ0v) is 7.23. The van der Waals surface area contributed by atoms with Gasteiger partial charge in [0.2, 0.25) is 0 Å². The molecule has 3 heteroatoms.